The number of anilines is 1. The maximum Gasteiger partial charge on any atom is 0.234 e. The Morgan fingerprint density at radius 3 is 2.67 bits per heavy atom. The number of amides is 1. The number of carbonyl (C=O) groups is 1. The number of benzene rings is 2. The van der Waals surface area contributed by atoms with Crippen LogP contribution in [0.3, 0.4) is 0 Å². The van der Waals surface area contributed by atoms with Gasteiger partial charge in [0, 0.05) is 23.9 Å². The van der Waals surface area contributed by atoms with Gasteiger partial charge in [-0.05, 0) is 57.2 Å². The highest BCUT2D eigenvalue weighted by Crippen LogP contribution is 2.34. The first-order valence-corrected chi connectivity index (χ1v) is 12.3. The third kappa shape index (κ3) is 5.50. The van der Waals surface area contributed by atoms with E-state index in [1.807, 2.05) is 41.0 Å². The van der Waals surface area contributed by atoms with Gasteiger partial charge < -0.3 is 19.4 Å². The van der Waals surface area contributed by atoms with Gasteiger partial charge in [0.1, 0.15) is 0 Å². The van der Waals surface area contributed by atoms with Crippen LogP contribution in [0.1, 0.15) is 38.2 Å². The highest BCUT2D eigenvalue weighted by atomic mass is 32.2. The van der Waals surface area contributed by atoms with Crippen molar-refractivity contribution in [1.29, 1.82) is 0 Å². The number of hydrogen-bond donors (Lipinski definition) is 1. The minimum Gasteiger partial charge on any atom is -0.493 e. The van der Waals surface area contributed by atoms with Crippen LogP contribution in [0.5, 0.6) is 11.5 Å². The third-order valence-electron chi connectivity index (χ3n) is 5.79. The van der Waals surface area contributed by atoms with Gasteiger partial charge in [-0.15, -0.1) is 10.2 Å². The number of methoxy groups -OCH3 is 1. The summed E-state index contributed by atoms with van der Waals surface area (Å²) in [4.78, 5) is 12.7. The first-order chi connectivity index (χ1) is 16.1. The average molecular weight is 467 g/mol. The highest BCUT2D eigenvalue weighted by Gasteiger charge is 2.19. The molecule has 1 aliphatic rings. The number of carbonyl (C=O) groups excluding carboxylic acids is 1. The van der Waals surface area contributed by atoms with Crippen LogP contribution in [0.25, 0.3) is 11.4 Å². The zero-order valence-corrected chi connectivity index (χ0v) is 20.2. The molecule has 0 aliphatic heterocycles. The van der Waals surface area contributed by atoms with Gasteiger partial charge in [-0.1, -0.05) is 36.0 Å². The van der Waals surface area contributed by atoms with E-state index < -0.39 is 0 Å². The molecule has 1 aromatic heterocycles. The number of nitrogens with zero attached hydrogens (tertiary/aromatic N) is 3. The average Bonchev–Trinajstić information content (AvgIpc) is 3.48. The topological polar surface area (TPSA) is 78.3 Å². The highest BCUT2D eigenvalue weighted by molar-refractivity contribution is 7.99. The van der Waals surface area contributed by atoms with Crippen LogP contribution < -0.4 is 14.8 Å². The maximum absolute atomic E-state index is 12.7. The first-order valence-electron chi connectivity index (χ1n) is 11.4. The standard InChI is InChI=1S/C25H30N4O3S/c1-4-29-24(20-12-8-5-9-17(20)2)27-28-25(29)33-16-23(30)26-18-13-14-21(31-3)22(15-18)32-19-10-6-7-11-19/h5,8-9,12-15,19H,4,6-7,10-11,16H2,1-3H3,(H,26,30). The first kappa shape index (κ1) is 23.2. The lowest BCUT2D eigenvalue weighted by molar-refractivity contribution is -0.113. The van der Waals surface area contributed by atoms with E-state index >= 15 is 0 Å². The summed E-state index contributed by atoms with van der Waals surface area (Å²) in [6, 6.07) is 13.6. The van der Waals surface area contributed by atoms with E-state index in [0.29, 0.717) is 17.2 Å². The third-order valence-corrected chi connectivity index (χ3v) is 6.76. The molecule has 7 nitrogen and oxygen atoms in total. The van der Waals surface area contributed by atoms with E-state index in [-0.39, 0.29) is 17.8 Å². The maximum atomic E-state index is 12.7. The van der Waals surface area contributed by atoms with Gasteiger partial charge in [-0.2, -0.15) is 0 Å². The molecule has 0 bridgehead atoms. The summed E-state index contributed by atoms with van der Waals surface area (Å²) in [7, 11) is 1.63. The lowest BCUT2D eigenvalue weighted by Gasteiger charge is -2.17. The van der Waals surface area contributed by atoms with E-state index in [4.69, 9.17) is 9.47 Å². The van der Waals surface area contributed by atoms with E-state index in [2.05, 4.69) is 35.4 Å². The number of aryl methyl sites for hydroxylation is 1. The summed E-state index contributed by atoms with van der Waals surface area (Å²) in [5.41, 5.74) is 2.88. The van der Waals surface area contributed by atoms with Gasteiger partial charge in [0.05, 0.1) is 19.0 Å². The largest absolute Gasteiger partial charge is 0.493 e. The zero-order valence-electron chi connectivity index (χ0n) is 19.3. The summed E-state index contributed by atoms with van der Waals surface area (Å²) >= 11 is 1.38. The van der Waals surface area contributed by atoms with Gasteiger partial charge in [-0.25, -0.2) is 0 Å². The molecule has 1 heterocycles. The Morgan fingerprint density at radius 2 is 1.94 bits per heavy atom. The van der Waals surface area contributed by atoms with Crippen LogP contribution in [0.4, 0.5) is 5.69 Å². The van der Waals surface area contributed by atoms with Crippen molar-refractivity contribution in [3.63, 3.8) is 0 Å². The summed E-state index contributed by atoms with van der Waals surface area (Å²) in [6.45, 7) is 4.84. The van der Waals surface area contributed by atoms with Gasteiger partial charge in [-0.3, -0.25) is 4.79 Å². The predicted molar refractivity (Wildman–Crippen MR) is 131 cm³/mol. The molecule has 0 radical (unpaired) electrons. The normalized spacial score (nSPS) is 13.8. The van der Waals surface area contributed by atoms with Crippen LogP contribution >= 0.6 is 11.8 Å². The van der Waals surface area contributed by atoms with Crippen molar-refractivity contribution in [2.24, 2.45) is 0 Å². The number of aromatic nitrogens is 3. The minimum absolute atomic E-state index is 0.111. The number of ether oxygens (including phenoxy) is 2. The van der Waals surface area contributed by atoms with Crippen molar-refractivity contribution in [2.75, 3.05) is 18.2 Å². The van der Waals surface area contributed by atoms with Crippen LogP contribution in [0.15, 0.2) is 47.6 Å². The van der Waals surface area contributed by atoms with Crippen LogP contribution in [-0.4, -0.2) is 39.6 Å². The molecule has 0 atom stereocenters. The second kappa shape index (κ2) is 10.7. The molecule has 4 rings (SSSR count). The van der Waals surface area contributed by atoms with E-state index in [1.54, 1.807) is 7.11 Å². The molecule has 174 valence electrons. The number of nitrogens with one attached hydrogen (secondary N) is 1. The molecule has 1 N–H and O–H groups in total. The van der Waals surface area contributed by atoms with Crippen molar-refractivity contribution in [1.82, 2.24) is 14.8 Å². The van der Waals surface area contributed by atoms with E-state index in [1.165, 1.54) is 24.6 Å². The van der Waals surface area contributed by atoms with Crippen LogP contribution in [0, 0.1) is 6.92 Å². The molecule has 0 saturated heterocycles. The van der Waals surface area contributed by atoms with Crippen LogP contribution in [0.2, 0.25) is 0 Å². The molecule has 1 aliphatic carbocycles. The van der Waals surface area contributed by atoms with E-state index in [9.17, 15) is 4.79 Å². The van der Waals surface area contributed by atoms with Crippen LogP contribution in [-0.2, 0) is 11.3 Å². The van der Waals surface area contributed by atoms with Gasteiger partial charge >= 0.3 is 0 Å². The molecule has 2 aromatic carbocycles. The monoisotopic (exact) mass is 466 g/mol. The molecule has 1 fully saturated rings. The Bertz CT molecular complexity index is 1110. The fourth-order valence-corrected chi connectivity index (χ4v) is 4.87. The van der Waals surface area contributed by atoms with Crippen molar-refractivity contribution in [3.8, 4) is 22.9 Å². The lowest BCUT2D eigenvalue weighted by Crippen LogP contribution is -2.15. The quantitative estimate of drug-likeness (QED) is 0.429. The molecular weight excluding hydrogens is 436 g/mol. The van der Waals surface area contributed by atoms with E-state index in [0.717, 1.165) is 41.5 Å². The van der Waals surface area contributed by atoms with Crippen molar-refractivity contribution < 1.29 is 14.3 Å². The molecule has 0 unspecified atom stereocenters. The predicted octanol–water partition coefficient (Wildman–Crippen LogP) is 5.33. The summed E-state index contributed by atoms with van der Waals surface area (Å²) in [6.07, 6.45) is 4.70. The molecule has 1 amide bonds. The smallest absolute Gasteiger partial charge is 0.234 e. The van der Waals surface area contributed by atoms with Gasteiger partial charge in [0.25, 0.3) is 0 Å². The zero-order chi connectivity index (χ0) is 23.2. The minimum atomic E-state index is -0.111. The Labute approximate surface area is 198 Å². The van der Waals surface area contributed by atoms with Crippen molar-refractivity contribution in [3.05, 3.63) is 48.0 Å². The van der Waals surface area contributed by atoms with Gasteiger partial charge in [0.2, 0.25) is 5.91 Å². The Morgan fingerprint density at radius 1 is 1.15 bits per heavy atom. The Hall–Kier alpha value is -3.00. The SMILES string of the molecule is CCn1c(SCC(=O)Nc2ccc(OC)c(OC3CCCC3)c2)nnc1-c1ccccc1C. The van der Waals surface area contributed by atoms with Crippen molar-refractivity contribution >= 4 is 23.4 Å². The lowest BCUT2D eigenvalue weighted by atomic mass is 10.1. The fourth-order valence-electron chi connectivity index (χ4n) is 4.06. The summed E-state index contributed by atoms with van der Waals surface area (Å²) in [5, 5.41) is 12.4. The number of hydrogen-bond acceptors (Lipinski definition) is 6. The fraction of sp³-hybridized carbons (Fsp3) is 0.400. The number of rotatable bonds is 9. The molecule has 33 heavy (non-hydrogen) atoms. The summed E-state index contributed by atoms with van der Waals surface area (Å²) in [5.74, 6) is 2.29. The Balaban J connectivity index is 1.41. The molecule has 1 saturated carbocycles. The molecule has 8 heteroatoms. The number of thioether (sulfide) groups is 1. The molecular formula is C25H30N4O3S. The summed E-state index contributed by atoms with van der Waals surface area (Å²) < 4.78 is 13.6. The molecule has 3 aromatic rings. The Kier molecular flexibility index (Phi) is 7.54. The van der Waals surface area contributed by atoms with Gasteiger partial charge in [0.15, 0.2) is 22.5 Å². The molecule has 0 spiro atoms. The second-order valence-electron chi connectivity index (χ2n) is 8.09. The second-order valence-corrected chi connectivity index (χ2v) is 9.03. The van der Waals surface area contributed by atoms with Crippen molar-refractivity contribution in [2.45, 2.75) is 57.3 Å².